The molecule has 6 heteroatoms. The lowest BCUT2D eigenvalue weighted by Gasteiger charge is -2.26. The molecule has 0 fully saturated rings. The number of aromatic amines is 1. The maximum atomic E-state index is 12.6. The van der Waals surface area contributed by atoms with E-state index in [1.165, 1.54) is 6.92 Å². The van der Waals surface area contributed by atoms with Crippen molar-refractivity contribution in [2.45, 2.75) is 18.9 Å². The molecule has 1 heterocycles. The highest BCUT2D eigenvalue weighted by Gasteiger charge is 2.35. The predicted octanol–water partition coefficient (Wildman–Crippen LogP) is 3.64. The third kappa shape index (κ3) is 3.67. The van der Waals surface area contributed by atoms with Crippen molar-refractivity contribution >= 4 is 34.4 Å². The second-order valence-electron chi connectivity index (χ2n) is 6.17. The van der Waals surface area contributed by atoms with E-state index in [4.69, 9.17) is 11.6 Å². The van der Waals surface area contributed by atoms with Crippen LogP contribution in [0, 0.1) is 0 Å². The van der Waals surface area contributed by atoms with Crippen LogP contribution in [-0.4, -0.2) is 27.5 Å². The summed E-state index contributed by atoms with van der Waals surface area (Å²) in [6, 6.07) is 16.1. The molecule has 0 aliphatic heterocycles. The Morgan fingerprint density at radius 1 is 1.16 bits per heavy atom. The van der Waals surface area contributed by atoms with E-state index in [1.807, 2.05) is 30.3 Å². The first-order chi connectivity index (χ1) is 11.9. The number of carbonyl (C=O) groups is 2. The lowest BCUT2D eigenvalue weighted by Crippen LogP contribution is -2.53. The molecule has 2 aromatic carbocycles. The molecule has 0 spiro atoms. The van der Waals surface area contributed by atoms with Gasteiger partial charge in [0.25, 0.3) is 5.91 Å². The molecule has 1 aromatic heterocycles. The molecule has 0 aliphatic carbocycles. The number of H-pyrrole nitrogens is 1. The Labute approximate surface area is 149 Å². The monoisotopic (exact) mass is 356 g/mol. The van der Waals surface area contributed by atoms with Crippen LogP contribution in [0.4, 0.5) is 0 Å². The summed E-state index contributed by atoms with van der Waals surface area (Å²) >= 11 is 5.95. The topological polar surface area (TPSA) is 82.2 Å². The standard InChI is InChI=1S/C19H17ClN2O3/c1-19(18(24)25,11-12-5-3-2-4-6-12)22-17(23)16-10-13-9-14(20)7-8-15(13)21-16/h2-10,21H,11H2,1H3,(H,22,23)(H,24,25). The Bertz CT molecular complexity index is 936. The Morgan fingerprint density at radius 3 is 2.56 bits per heavy atom. The number of carboxylic acids is 1. The van der Waals surface area contributed by atoms with Gasteiger partial charge in [-0.05, 0) is 36.8 Å². The first kappa shape index (κ1) is 17.0. The zero-order valence-electron chi connectivity index (χ0n) is 13.5. The molecule has 0 saturated heterocycles. The average Bonchev–Trinajstić information content (AvgIpc) is 2.98. The van der Waals surface area contributed by atoms with Crippen LogP contribution < -0.4 is 5.32 Å². The van der Waals surface area contributed by atoms with E-state index >= 15 is 0 Å². The van der Waals surface area contributed by atoms with E-state index in [-0.39, 0.29) is 12.1 Å². The minimum Gasteiger partial charge on any atom is -0.480 e. The van der Waals surface area contributed by atoms with Crippen molar-refractivity contribution in [3.8, 4) is 0 Å². The van der Waals surface area contributed by atoms with Gasteiger partial charge in [0.15, 0.2) is 0 Å². The normalized spacial score (nSPS) is 13.4. The number of fused-ring (bicyclic) bond motifs is 1. The summed E-state index contributed by atoms with van der Waals surface area (Å²) < 4.78 is 0. The van der Waals surface area contributed by atoms with Crippen LogP contribution >= 0.6 is 11.6 Å². The number of carboxylic acid groups (broad SMARTS) is 1. The van der Waals surface area contributed by atoms with Crippen molar-refractivity contribution < 1.29 is 14.7 Å². The lowest BCUT2D eigenvalue weighted by atomic mass is 9.92. The van der Waals surface area contributed by atoms with Gasteiger partial charge in [0.1, 0.15) is 11.2 Å². The van der Waals surface area contributed by atoms with Gasteiger partial charge in [-0.25, -0.2) is 4.79 Å². The van der Waals surface area contributed by atoms with Gasteiger partial charge in [-0.15, -0.1) is 0 Å². The van der Waals surface area contributed by atoms with Crippen LogP contribution in [0.5, 0.6) is 0 Å². The number of aromatic nitrogens is 1. The van der Waals surface area contributed by atoms with Gasteiger partial charge in [-0.3, -0.25) is 4.79 Å². The van der Waals surface area contributed by atoms with Gasteiger partial charge in [0.2, 0.25) is 0 Å². The first-order valence-electron chi connectivity index (χ1n) is 7.75. The summed E-state index contributed by atoms with van der Waals surface area (Å²) in [7, 11) is 0. The summed E-state index contributed by atoms with van der Waals surface area (Å²) in [5.74, 6) is -1.57. The Morgan fingerprint density at radius 2 is 1.88 bits per heavy atom. The lowest BCUT2D eigenvalue weighted by molar-refractivity contribution is -0.143. The fraction of sp³-hybridized carbons (Fsp3) is 0.158. The third-order valence-electron chi connectivity index (χ3n) is 4.09. The van der Waals surface area contributed by atoms with Crippen LogP contribution in [0.3, 0.4) is 0 Å². The highest BCUT2D eigenvalue weighted by Crippen LogP contribution is 2.21. The van der Waals surface area contributed by atoms with Crippen LogP contribution in [0.1, 0.15) is 23.0 Å². The molecule has 128 valence electrons. The van der Waals surface area contributed by atoms with Gasteiger partial charge < -0.3 is 15.4 Å². The van der Waals surface area contributed by atoms with Crippen LogP contribution in [0.2, 0.25) is 5.02 Å². The average molecular weight is 357 g/mol. The van der Waals surface area contributed by atoms with Crippen molar-refractivity contribution in [2.75, 3.05) is 0 Å². The van der Waals surface area contributed by atoms with E-state index in [0.29, 0.717) is 5.02 Å². The minimum absolute atomic E-state index is 0.182. The number of amides is 1. The van der Waals surface area contributed by atoms with E-state index in [1.54, 1.807) is 24.3 Å². The number of aliphatic carboxylic acids is 1. The summed E-state index contributed by atoms with van der Waals surface area (Å²) in [5.41, 5.74) is 0.455. The molecular formula is C19H17ClN2O3. The van der Waals surface area contributed by atoms with Crippen LogP contribution in [0.25, 0.3) is 10.9 Å². The van der Waals surface area contributed by atoms with E-state index in [2.05, 4.69) is 10.3 Å². The van der Waals surface area contributed by atoms with E-state index in [9.17, 15) is 14.7 Å². The molecule has 0 radical (unpaired) electrons. The molecule has 25 heavy (non-hydrogen) atoms. The van der Waals surface area contributed by atoms with Gasteiger partial charge in [-0.2, -0.15) is 0 Å². The number of halogens is 1. The van der Waals surface area contributed by atoms with Crippen molar-refractivity contribution in [3.63, 3.8) is 0 Å². The quantitative estimate of drug-likeness (QED) is 0.652. The largest absolute Gasteiger partial charge is 0.480 e. The number of hydrogen-bond acceptors (Lipinski definition) is 2. The Hall–Kier alpha value is -2.79. The molecule has 1 amide bonds. The Balaban J connectivity index is 1.85. The highest BCUT2D eigenvalue weighted by molar-refractivity contribution is 6.31. The van der Waals surface area contributed by atoms with Crippen molar-refractivity contribution in [2.24, 2.45) is 0 Å². The highest BCUT2D eigenvalue weighted by atomic mass is 35.5. The van der Waals surface area contributed by atoms with Gasteiger partial charge in [0, 0.05) is 22.3 Å². The van der Waals surface area contributed by atoms with Gasteiger partial charge >= 0.3 is 5.97 Å². The molecule has 5 nitrogen and oxygen atoms in total. The molecule has 3 aromatic rings. The number of rotatable bonds is 5. The molecule has 1 atom stereocenters. The summed E-state index contributed by atoms with van der Waals surface area (Å²) in [6.07, 6.45) is 0.182. The van der Waals surface area contributed by atoms with Crippen LogP contribution in [-0.2, 0) is 11.2 Å². The van der Waals surface area contributed by atoms with Crippen molar-refractivity contribution in [3.05, 3.63) is 70.9 Å². The second kappa shape index (κ2) is 6.61. The SMILES string of the molecule is CC(Cc1ccccc1)(NC(=O)c1cc2cc(Cl)ccc2[nH]1)C(=O)O. The summed E-state index contributed by atoms with van der Waals surface area (Å²) in [6.45, 7) is 1.50. The zero-order chi connectivity index (χ0) is 18.0. The number of benzene rings is 2. The minimum atomic E-state index is -1.42. The fourth-order valence-electron chi connectivity index (χ4n) is 2.72. The maximum Gasteiger partial charge on any atom is 0.329 e. The van der Waals surface area contributed by atoms with Crippen LogP contribution in [0.15, 0.2) is 54.6 Å². The maximum absolute atomic E-state index is 12.6. The van der Waals surface area contributed by atoms with Crippen molar-refractivity contribution in [1.82, 2.24) is 10.3 Å². The second-order valence-corrected chi connectivity index (χ2v) is 6.60. The smallest absolute Gasteiger partial charge is 0.329 e. The molecule has 0 aliphatic rings. The Kier molecular flexibility index (Phi) is 4.51. The van der Waals surface area contributed by atoms with E-state index in [0.717, 1.165) is 16.5 Å². The molecule has 3 rings (SSSR count). The first-order valence-corrected chi connectivity index (χ1v) is 8.13. The zero-order valence-corrected chi connectivity index (χ0v) is 14.3. The number of nitrogens with one attached hydrogen (secondary N) is 2. The number of carbonyl (C=O) groups excluding carboxylic acids is 1. The molecular weight excluding hydrogens is 340 g/mol. The molecule has 0 saturated carbocycles. The summed E-state index contributed by atoms with van der Waals surface area (Å²) in [4.78, 5) is 27.3. The summed E-state index contributed by atoms with van der Waals surface area (Å²) in [5, 5.41) is 13.6. The van der Waals surface area contributed by atoms with Gasteiger partial charge in [-0.1, -0.05) is 41.9 Å². The number of hydrogen-bond donors (Lipinski definition) is 3. The molecule has 0 bridgehead atoms. The van der Waals surface area contributed by atoms with E-state index < -0.39 is 17.4 Å². The third-order valence-corrected chi connectivity index (χ3v) is 4.32. The van der Waals surface area contributed by atoms with Gasteiger partial charge in [0.05, 0.1) is 0 Å². The fourth-order valence-corrected chi connectivity index (χ4v) is 2.90. The predicted molar refractivity (Wildman–Crippen MR) is 97.0 cm³/mol. The molecule has 3 N–H and O–H groups in total. The molecule has 1 unspecified atom stereocenters. The van der Waals surface area contributed by atoms with Crippen molar-refractivity contribution in [1.29, 1.82) is 0 Å².